The molecule has 1 fully saturated rings. The van der Waals surface area contributed by atoms with E-state index in [-0.39, 0.29) is 5.69 Å². The first-order valence-corrected chi connectivity index (χ1v) is 11.8. The van der Waals surface area contributed by atoms with Gasteiger partial charge in [-0.25, -0.2) is 4.98 Å². The molecule has 0 amide bonds. The monoisotopic (exact) mass is 482 g/mol. The zero-order valence-electron chi connectivity index (χ0n) is 19.7. The molecular formula is C28H26N4O4. The van der Waals surface area contributed by atoms with Crippen molar-refractivity contribution in [2.75, 3.05) is 26.3 Å². The van der Waals surface area contributed by atoms with E-state index in [1.54, 1.807) is 6.07 Å². The average molecular weight is 483 g/mol. The fraction of sp³-hybridized carbons (Fsp3) is 0.250. The Hall–Kier alpha value is -4.19. The van der Waals surface area contributed by atoms with Crippen molar-refractivity contribution in [3.05, 3.63) is 111 Å². The third-order valence-corrected chi connectivity index (χ3v) is 6.20. The van der Waals surface area contributed by atoms with E-state index >= 15 is 0 Å². The van der Waals surface area contributed by atoms with Crippen LogP contribution < -0.4 is 5.56 Å². The van der Waals surface area contributed by atoms with Crippen LogP contribution in [-0.4, -0.2) is 51.4 Å². The van der Waals surface area contributed by atoms with Crippen LogP contribution in [0.5, 0.6) is 5.75 Å². The second kappa shape index (κ2) is 11.0. The highest BCUT2D eigenvalue weighted by atomic mass is 16.5. The van der Waals surface area contributed by atoms with Gasteiger partial charge in [-0.2, -0.15) is 0 Å². The standard InChI is InChI=1S/C28H26N4O4/c33-27-26(29-19-30-28(27)34)24(25-11-12-31-36-25)17-22-7-3-20(4-8-22)1-2-21-5-9-23(10-6-21)18-32-13-15-35-16-14-32/h3-12,19,24,33H,13-18H2,(H,29,30,34). The van der Waals surface area contributed by atoms with E-state index in [0.717, 1.165) is 49.5 Å². The second-order valence-electron chi connectivity index (χ2n) is 8.67. The van der Waals surface area contributed by atoms with Gasteiger partial charge in [-0.3, -0.25) is 9.69 Å². The Labute approximate surface area is 208 Å². The van der Waals surface area contributed by atoms with Crippen molar-refractivity contribution in [3.8, 4) is 17.6 Å². The summed E-state index contributed by atoms with van der Waals surface area (Å²) in [6.45, 7) is 4.47. The van der Waals surface area contributed by atoms with Crippen LogP contribution in [0.4, 0.5) is 0 Å². The number of aromatic amines is 1. The van der Waals surface area contributed by atoms with E-state index in [4.69, 9.17) is 9.26 Å². The SMILES string of the molecule is O=c1[nH]cnc(C(Cc2ccc(C#Cc3ccc(CN4CCOCC4)cc3)cc2)c2ccno2)c1O. The van der Waals surface area contributed by atoms with Gasteiger partial charge < -0.3 is 19.4 Å². The van der Waals surface area contributed by atoms with Crippen LogP contribution in [0.2, 0.25) is 0 Å². The molecular weight excluding hydrogens is 456 g/mol. The van der Waals surface area contributed by atoms with Crippen LogP contribution >= 0.6 is 0 Å². The van der Waals surface area contributed by atoms with Crippen LogP contribution in [0.1, 0.15) is 39.6 Å². The molecule has 5 rings (SSSR count). The summed E-state index contributed by atoms with van der Waals surface area (Å²) in [5, 5.41) is 14.0. The van der Waals surface area contributed by atoms with Crippen molar-refractivity contribution in [2.45, 2.75) is 18.9 Å². The number of morpholine rings is 1. The number of rotatable bonds is 6. The molecule has 1 atom stereocenters. The number of ether oxygens (including phenoxy) is 1. The van der Waals surface area contributed by atoms with Crippen LogP contribution in [0, 0.1) is 11.8 Å². The van der Waals surface area contributed by atoms with Crippen molar-refractivity contribution in [1.29, 1.82) is 0 Å². The summed E-state index contributed by atoms with van der Waals surface area (Å²) in [5.41, 5.74) is 3.76. The lowest BCUT2D eigenvalue weighted by atomic mass is 9.92. The van der Waals surface area contributed by atoms with Gasteiger partial charge in [0.05, 0.1) is 31.7 Å². The van der Waals surface area contributed by atoms with Crippen LogP contribution in [0.3, 0.4) is 0 Å². The minimum atomic E-state index is -0.593. The van der Waals surface area contributed by atoms with Crippen LogP contribution in [0.15, 0.2) is 76.4 Å². The lowest BCUT2D eigenvalue weighted by molar-refractivity contribution is 0.0342. The topological polar surface area (TPSA) is 104 Å². The van der Waals surface area contributed by atoms with Gasteiger partial charge in [0, 0.05) is 36.8 Å². The molecule has 0 radical (unpaired) electrons. The maximum absolute atomic E-state index is 11.9. The summed E-state index contributed by atoms with van der Waals surface area (Å²) >= 11 is 0. The van der Waals surface area contributed by atoms with Crippen molar-refractivity contribution in [1.82, 2.24) is 20.0 Å². The number of aromatic hydroxyl groups is 1. The normalized spacial score (nSPS) is 14.7. The van der Waals surface area contributed by atoms with E-state index < -0.39 is 17.2 Å². The molecule has 8 heteroatoms. The van der Waals surface area contributed by atoms with E-state index in [9.17, 15) is 9.90 Å². The second-order valence-corrected chi connectivity index (χ2v) is 8.67. The molecule has 0 spiro atoms. The predicted octanol–water partition coefficient (Wildman–Crippen LogP) is 3.07. The van der Waals surface area contributed by atoms with Crippen LogP contribution in [0.25, 0.3) is 0 Å². The van der Waals surface area contributed by atoms with Crippen LogP contribution in [-0.2, 0) is 17.7 Å². The number of nitrogens with zero attached hydrogens (tertiary/aromatic N) is 3. The molecule has 0 aliphatic carbocycles. The maximum Gasteiger partial charge on any atom is 0.293 e. The Morgan fingerprint density at radius 1 is 0.972 bits per heavy atom. The van der Waals surface area contributed by atoms with Gasteiger partial charge in [-0.15, -0.1) is 0 Å². The Kier molecular flexibility index (Phi) is 7.22. The van der Waals surface area contributed by atoms with Gasteiger partial charge in [0.1, 0.15) is 11.5 Å². The minimum absolute atomic E-state index is 0.247. The quantitative estimate of drug-likeness (QED) is 0.407. The van der Waals surface area contributed by atoms with Gasteiger partial charge in [-0.05, 0) is 41.8 Å². The molecule has 2 aromatic heterocycles. The molecule has 0 saturated carbocycles. The first kappa shape index (κ1) is 23.5. The highest BCUT2D eigenvalue weighted by molar-refractivity contribution is 5.44. The first-order chi connectivity index (χ1) is 17.7. The Bertz CT molecular complexity index is 1400. The lowest BCUT2D eigenvalue weighted by Gasteiger charge is -2.26. The number of H-pyrrole nitrogens is 1. The molecule has 2 aromatic carbocycles. The summed E-state index contributed by atoms with van der Waals surface area (Å²) in [5.74, 6) is 6.08. The van der Waals surface area contributed by atoms with E-state index in [2.05, 4.69) is 56.1 Å². The highest BCUT2D eigenvalue weighted by Crippen LogP contribution is 2.30. The number of aromatic nitrogens is 3. The number of hydrogen-bond donors (Lipinski definition) is 2. The largest absolute Gasteiger partial charge is 0.502 e. The molecule has 1 unspecified atom stereocenters. The average Bonchev–Trinajstić information content (AvgIpc) is 3.45. The molecule has 3 heterocycles. The van der Waals surface area contributed by atoms with Crippen molar-refractivity contribution in [3.63, 3.8) is 0 Å². The number of nitrogens with one attached hydrogen (secondary N) is 1. The fourth-order valence-electron chi connectivity index (χ4n) is 4.21. The van der Waals surface area contributed by atoms with E-state index in [1.807, 2.05) is 24.3 Å². The Morgan fingerprint density at radius 2 is 1.64 bits per heavy atom. The van der Waals surface area contributed by atoms with Gasteiger partial charge in [0.25, 0.3) is 5.56 Å². The van der Waals surface area contributed by atoms with E-state index in [0.29, 0.717) is 12.2 Å². The summed E-state index contributed by atoms with van der Waals surface area (Å²) in [7, 11) is 0. The van der Waals surface area contributed by atoms with Crippen molar-refractivity contribution in [2.24, 2.45) is 0 Å². The fourth-order valence-corrected chi connectivity index (χ4v) is 4.21. The molecule has 0 bridgehead atoms. The Morgan fingerprint density at radius 3 is 2.28 bits per heavy atom. The highest BCUT2D eigenvalue weighted by Gasteiger charge is 2.24. The van der Waals surface area contributed by atoms with Gasteiger partial charge in [0.15, 0.2) is 0 Å². The third-order valence-electron chi connectivity index (χ3n) is 6.20. The summed E-state index contributed by atoms with van der Waals surface area (Å²) in [4.78, 5) is 20.9. The number of hydrogen-bond acceptors (Lipinski definition) is 7. The summed E-state index contributed by atoms with van der Waals surface area (Å²) in [6, 6.07) is 17.9. The zero-order valence-corrected chi connectivity index (χ0v) is 19.7. The van der Waals surface area contributed by atoms with E-state index in [1.165, 1.54) is 18.1 Å². The van der Waals surface area contributed by atoms with Crippen molar-refractivity contribution < 1.29 is 14.4 Å². The molecule has 2 N–H and O–H groups in total. The maximum atomic E-state index is 11.9. The predicted molar refractivity (Wildman–Crippen MR) is 134 cm³/mol. The third kappa shape index (κ3) is 5.71. The van der Waals surface area contributed by atoms with Crippen molar-refractivity contribution >= 4 is 0 Å². The molecule has 1 aliphatic rings. The molecule has 8 nitrogen and oxygen atoms in total. The summed E-state index contributed by atoms with van der Waals surface area (Å²) < 4.78 is 10.7. The lowest BCUT2D eigenvalue weighted by Crippen LogP contribution is -2.35. The molecule has 1 saturated heterocycles. The molecule has 1 aliphatic heterocycles. The van der Waals surface area contributed by atoms with Gasteiger partial charge in [0.2, 0.25) is 5.75 Å². The first-order valence-electron chi connectivity index (χ1n) is 11.8. The summed E-state index contributed by atoms with van der Waals surface area (Å²) in [6.07, 6.45) is 3.27. The smallest absolute Gasteiger partial charge is 0.293 e. The molecule has 36 heavy (non-hydrogen) atoms. The van der Waals surface area contributed by atoms with Gasteiger partial charge in [-0.1, -0.05) is 41.3 Å². The molecule has 182 valence electrons. The number of benzene rings is 2. The zero-order chi connectivity index (χ0) is 24.7. The minimum Gasteiger partial charge on any atom is -0.502 e. The van der Waals surface area contributed by atoms with Gasteiger partial charge >= 0.3 is 0 Å². The molecule has 4 aromatic rings. The Balaban J connectivity index is 1.27.